The summed E-state index contributed by atoms with van der Waals surface area (Å²) >= 11 is 6.14. The number of aromatic nitrogens is 2. The van der Waals surface area contributed by atoms with Gasteiger partial charge in [-0.2, -0.15) is 4.98 Å². The molecule has 1 fully saturated rings. The molecule has 0 saturated carbocycles. The Morgan fingerprint density at radius 2 is 2.09 bits per heavy atom. The monoisotopic (exact) mass is 465 g/mol. The lowest BCUT2D eigenvalue weighted by Crippen LogP contribution is -2.45. The number of hydrogen-bond donors (Lipinski definition) is 3. The summed E-state index contributed by atoms with van der Waals surface area (Å²) in [5.74, 6) is -0.171. The number of morpholine rings is 1. The van der Waals surface area contributed by atoms with Gasteiger partial charge in [0.2, 0.25) is 11.8 Å². The van der Waals surface area contributed by atoms with Gasteiger partial charge in [-0.1, -0.05) is 24.9 Å². The van der Waals surface area contributed by atoms with E-state index in [1.54, 1.807) is 6.92 Å². The number of aryl methyl sites for hydroxylation is 1. The normalized spacial score (nSPS) is 23.8. The van der Waals surface area contributed by atoms with Gasteiger partial charge in [0.25, 0.3) is 0 Å². The van der Waals surface area contributed by atoms with Crippen LogP contribution < -0.4 is 20.7 Å². The van der Waals surface area contributed by atoms with Crippen molar-refractivity contribution in [1.82, 2.24) is 20.6 Å². The minimum Gasteiger partial charge on any atom is -0.472 e. The molecule has 2 aromatic heterocycles. The number of halogens is 2. The van der Waals surface area contributed by atoms with Crippen molar-refractivity contribution in [2.45, 2.75) is 64.8 Å². The van der Waals surface area contributed by atoms with E-state index >= 15 is 4.39 Å². The van der Waals surface area contributed by atoms with Crippen LogP contribution in [0.1, 0.15) is 50.9 Å². The average molecular weight is 466 g/mol. The van der Waals surface area contributed by atoms with Crippen LogP contribution in [0.15, 0.2) is 0 Å². The smallest absolute Gasteiger partial charge is 0.246 e. The Hall–Kier alpha value is -2.23. The minimum absolute atomic E-state index is 0.00244. The molecule has 0 radical (unpaired) electrons. The molecule has 4 heterocycles. The number of carbonyl (C=O) groups excluding carboxylic acids is 1. The summed E-state index contributed by atoms with van der Waals surface area (Å²) in [7, 11) is 0. The van der Waals surface area contributed by atoms with Crippen LogP contribution in [-0.2, 0) is 9.53 Å². The van der Waals surface area contributed by atoms with Crippen LogP contribution in [0.5, 0.6) is 5.88 Å². The second-order valence-corrected chi connectivity index (χ2v) is 8.91. The molecule has 4 unspecified atom stereocenters. The number of hydrogen-bond acceptors (Lipinski definition) is 7. The van der Waals surface area contributed by atoms with E-state index in [2.05, 4.69) is 34.8 Å². The summed E-state index contributed by atoms with van der Waals surface area (Å²) in [4.78, 5) is 20.9. The summed E-state index contributed by atoms with van der Waals surface area (Å²) in [5, 5.41) is 10.3. The molecule has 0 aliphatic carbocycles. The van der Waals surface area contributed by atoms with E-state index in [9.17, 15) is 4.79 Å². The van der Waals surface area contributed by atoms with E-state index in [4.69, 9.17) is 26.1 Å². The van der Waals surface area contributed by atoms with Gasteiger partial charge >= 0.3 is 0 Å². The fourth-order valence-electron chi connectivity index (χ4n) is 4.33. The fraction of sp³-hybridized carbons (Fsp3) is 0.591. The third-order valence-corrected chi connectivity index (χ3v) is 6.32. The van der Waals surface area contributed by atoms with E-state index in [0.29, 0.717) is 35.0 Å². The highest BCUT2D eigenvalue weighted by Crippen LogP contribution is 2.41. The molecule has 3 N–H and O–H groups in total. The van der Waals surface area contributed by atoms with Crippen molar-refractivity contribution in [1.29, 1.82) is 0 Å². The summed E-state index contributed by atoms with van der Waals surface area (Å²) < 4.78 is 26.8. The molecule has 0 bridgehead atoms. The summed E-state index contributed by atoms with van der Waals surface area (Å²) in [5.41, 5.74) is 1.09. The van der Waals surface area contributed by atoms with Crippen LogP contribution in [0.2, 0.25) is 5.15 Å². The van der Waals surface area contributed by atoms with E-state index in [-0.39, 0.29) is 47.7 Å². The second kappa shape index (κ2) is 9.33. The molecule has 32 heavy (non-hydrogen) atoms. The van der Waals surface area contributed by atoms with Crippen molar-refractivity contribution in [2.24, 2.45) is 0 Å². The van der Waals surface area contributed by atoms with Gasteiger partial charge in [0.1, 0.15) is 18.5 Å². The number of pyridine rings is 2. The third kappa shape index (κ3) is 4.33. The Morgan fingerprint density at radius 3 is 2.81 bits per heavy atom. The van der Waals surface area contributed by atoms with Gasteiger partial charge in [-0.3, -0.25) is 4.79 Å². The number of nitrogens with zero attached hydrogens (tertiary/aromatic N) is 2. The van der Waals surface area contributed by atoms with Gasteiger partial charge in [-0.25, -0.2) is 9.37 Å². The third-order valence-electron chi connectivity index (χ3n) is 6.07. The van der Waals surface area contributed by atoms with E-state index in [1.807, 2.05) is 6.92 Å². The first kappa shape index (κ1) is 22.9. The first-order chi connectivity index (χ1) is 15.3. The number of amides is 1. The molecule has 4 rings (SSSR count). The van der Waals surface area contributed by atoms with Crippen LogP contribution in [0.3, 0.4) is 0 Å². The van der Waals surface area contributed by atoms with E-state index in [1.165, 1.54) is 0 Å². The fourth-order valence-corrected chi connectivity index (χ4v) is 4.50. The molecule has 2 aliphatic rings. The summed E-state index contributed by atoms with van der Waals surface area (Å²) in [6.45, 7) is 8.86. The lowest BCUT2D eigenvalue weighted by Gasteiger charge is -2.27. The molecule has 0 aromatic carbocycles. The Balaban J connectivity index is 1.79. The number of nitrogens with one attached hydrogen (secondary N) is 3. The minimum atomic E-state index is -0.637. The topological polar surface area (TPSA) is 97.4 Å². The molecule has 10 heteroatoms. The van der Waals surface area contributed by atoms with Crippen LogP contribution in [0.25, 0.3) is 10.8 Å². The highest BCUT2D eigenvalue weighted by Gasteiger charge is 2.33. The molecule has 0 spiro atoms. The molecule has 1 amide bonds. The quantitative estimate of drug-likeness (QED) is 0.563. The maximum atomic E-state index is 15.2. The Bertz CT molecular complexity index is 1040. The van der Waals surface area contributed by atoms with E-state index < -0.39 is 11.9 Å². The van der Waals surface area contributed by atoms with Crippen molar-refractivity contribution in [3.63, 3.8) is 0 Å². The molecular formula is C22H29ClFN5O3. The van der Waals surface area contributed by atoms with Gasteiger partial charge in [0, 0.05) is 18.0 Å². The summed E-state index contributed by atoms with van der Waals surface area (Å²) in [6.07, 6.45) is 1.87. The van der Waals surface area contributed by atoms with Crippen LogP contribution in [0.4, 0.5) is 10.2 Å². The molecule has 1 saturated heterocycles. The zero-order valence-corrected chi connectivity index (χ0v) is 19.5. The lowest BCUT2D eigenvalue weighted by molar-refractivity contribution is -0.131. The van der Waals surface area contributed by atoms with Crippen molar-refractivity contribution < 1.29 is 18.7 Å². The Labute approximate surface area is 191 Å². The lowest BCUT2D eigenvalue weighted by atomic mass is 10.0. The number of anilines is 1. The van der Waals surface area contributed by atoms with Gasteiger partial charge in [-0.15, -0.1) is 0 Å². The molecular weight excluding hydrogens is 437 g/mol. The predicted molar refractivity (Wildman–Crippen MR) is 121 cm³/mol. The zero-order valence-electron chi connectivity index (χ0n) is 18.7. The first-order valence-electron chi connectivity index (χ1n) is 11.0. The number of rotatable bonds is 6. The predicted octanol–water partition coefficient (Wildman–Crippen LogP) is 3.26. The van der Waals surface area contributed by atoms with Crippen molar-refractivity contribution in [2.75, 3.05) is 25.1 Å². The molecule has 2 aliphatic heterocycles. The highest BCUT2D eigenvalue weighted by atomic mass is 35.5. The maximum Gasteiger partial charge on any atom is 0.246 e. The Kier molecular flexibility index (Phi) is 6.69. The molecule has 174 valence electrons. The number of ether oxygens (including phenoxy) is 2. The number of carbonyl (C=O) groups is 1. The van der Waals surface area contributed by atoms with Crippen LogP contribution in [-0.4, -0.2) is 53.8 Å². The SMILES string of the molecule is CCCC(C)NCC1Nc2nc(C3COCC(=O)N3)c(C)c3c(F)c(Cl)nc(c23)OC1C. The first-order valence-corrected chi connectivity index (χ1v) is 11.4. The maximum absolute atomic E-state index is 15.2. The molecule has 4 atom stereocenters. The second-order valence-electron chi connectivity index (χ2n) is 8.55. The average Bonchev–Trinajstić information content (AvgIpc) is 2.87. The largest absolute Gasteiger partial charge is 0.472 e. The van der Waals surface area contributed by atoms with Crippen LogP contribution in [0, 0.1) is 12.7 Å². The molecule has 8 nitrogen and oxygen atoms in total. The van der Waals surface area contributed by atoms with Gasteiger partial charge < -0.3 is 25.4 Å². The molecule has 2 aromatic rings. The zero-order chi connectivity index (χ0) is 23.0. The van der Waals surface area contributed by atoms with E-state index in [0.717, 1.165) is 12.8 Å². The Morgan fingerprint density at radius 1 is 1.31 bits per heavy atom. The van der Waals surface area contributed by atoms with Gasteiger partial charge in [0.05, 0.1) is 29.8 Å². The van der Waals surface area contributed by atoms with Crippen molar-refractivity contribution in [3.8, 4) is 5.88 Å². The van der Waals surface area contributed by atoms with Crippen molar-refractivity contribution in [3.05, 3.63) is 22.2 Å². The standard InChI is InChI=1S/C22H29ClFN5O3/c1-5-6-10(2)25-7-13-12(4)32-22-17-16(18(24)20(23)29-22)11(3)19(28-21(17)27-13)14-8-31-9-15(30)26-14/h10,12-14,25H,5-9H2,1-4H3,(H,26,30)(H,27,28). The highest BCUT2D eigenvalue weighted by molar-refractivity contribution is 6.30. The van der Waals surface area contributed by atoms with Crippen molar-refractivity contribution >= 4 is 34.1 Å². The van der Waals surface area contributed by atoms with Gasteiger partial charge in [0.15, 0.2) is 11.0 Å². The summed E-state index contributed by atoms with van der Waals surface area (Å²) in [6, 6.07) is -0.286. The van der Waals surface area contributed by atoms with Gasteiger partial charge in [-0.05, 0) is 32.8 Å². The van der Waals surface area contributed by atoms with Crippen LogP contribution >= 0.6 is 11.6 Å².